The molecule has 0 saturated carbocycles. The van der Waals surface area contributed by atoms with Crippen LogP contribution in [0.25, 0.3) is 0 Å². The lowest BCUT2D eigenvalue weighted by molar-refractivity contribution is 0.0693. The van der Waals surface area contributed by atoms with Crippen LogP contribution in [-0.2, 0) is 0 Å². The van der Waals surface area contributed by atoms with Crippen molar-refractivity contribution in [3.05, 3.63) is 28.5 Å². The fourth-order valence-electron chi connectivity index (χ4n) is 1.54. The number of carbonyl (C=O) groups is 2. The molecule has 9 nitrogen and oxygen atoms in total. The number of aromatic nitrogens is 3. The lowest BCUT2D eigenvalue weighted by atomic mass is 10.1. The maximum absolute atomic E-state index is 11.9. The highest BCUT2D eigenvalue weighted by Crippen LogP contribution is 2.31. The molecule has 2 rings (SSSR count). The van der Waals surface area contributed by atoms with Crippen LogP contribution in [0, 0.1) is 0 Å². The number of anilines is 2. The van der Waals surface area contributed by atoms with Crippen LogP contribution >= 0.6 is 11.6 Å². The average molecular weight is 312 g/mol. The second kappa shape index (κ2) is 5.67. The molecule has 1 heterocycles. The molecule has 0 spiro atoms. The summed E-state index contributed by atoms with van der Waals surface area (Å²) in [6.07, 6.45) is 0. The number of carboxylic acids is 1. The van der Waals surface area contributed by atoms with Crippen molar-refractivity contribution in [3.63, 3.8) is 0 Å². The summed E-state index contributed by atoms with van der Waals surface area (Å²) in [4.78, 5) is 26.6. The zero-order valence-electron chi connectivity index (χ0n) is 10.7. The van der Waals surface area contributed by atoms with Crippen molar-refractivity contribution >= 4 is 35.1 Å². The highest BCUT2D eigenvalue weighted by atomic mass is 35.5. The first-order chi connectivity index (χ1) is 9.92. The van der Waals surface area contributed by atoms with Crippen LogP contribution in [0.5, 0.6) is 5.75 Å². The Morgan fingerprint density at radius 3 is 2.71 bits per heavy atom. The normalized spacial score (nSPS) is 10.2. The van der Waals surface area contributed by atoms with E-state index < -0.39 is 11.9 Å². The first kappa shape index (κ1) is 14.6. The van der Waals surface area contributed by atoms with Gasteiger partial charge in [0.25, 0.3) is 5.91 Å². The minimum absolute atomic E-state index is 0.0361. The fourth-order valence-corrected chi connectivity index (χ4v) is 1.75. The molecule has 2 aromatic rings. The zero-order chi connectivity index (χ0) is 15.6. The van der Waals surface area contributed by atoms with Gasteiger partial charge in [0, 0.05) is 6.07 Å². The number of aromatic amines is 1. The number of carboxylic acid groups (broad SMARTS) is 1. The van der Waals surface area contributed by atoms with E-state index in [2.05, 4.69) is 20.5 Å². The number of benzene rings is 1. The number of nitrogens with one attached hydrogen (secondary N) is 2. The van der Waals surface area contributed by atoms with Gasteiger partial charge in [-0.15, -0.1) is 5.10 Å². The molecule has 1 aromatic heterocycles. The number of nitrogens with zero attached hydrogens (tertiary/aromatic N) is 2. The van der Waals surface area contributed by atoms with Crippen molar-refractivity contribution in [2.75, 3.05) is 18.2 Å². The maximum Gasteiger partial charge on any atom is 0.339 e. The fraction of sp³-hybridized carbons (Fsp3) is 0.0909. The van der Waals surface area contributed by atoms with Gasteiger partial charge in [0.15, 0.2) is 0 Å². The van der Waals surface area contributed by atoms with E-state index in [4.69, 9.17) is 27.2 Å². The number of amides is 1. The molecule has 0 saturated heterocycles. The third-order valence-corrected chi connectivity index (χ3v) is 2.80. The topological polar surface area (TPSA) is 143 Å². The summed E-state index contributed by atoms with van der Waals surface area (Å²) in [5.74, 6) is -1.96. The van der Waals surface area contributed by atoms with Gasteiger partial charge in [0.2, 0.25) is 11.8 Å². The van der Waals surface area contributed by atoms with Gasteiger partial charge >= 0.3 is 5.97 Å². The molecule has 0 radical (unpaired) electrons. The highest BCUT2D eigenvalue weighted by Gasteiger charge is 2.18. The van der Waals surface area contributed by atoms with E-state index in [0.29, 0.717) is 0 Å². The number of hydrogen-bond acceptors (Lipinski definition) is 6. The number of H-pyrrole nitrogens is 1. The SMILES string of the molecule is COc1cc(NC(=O)c2nc(N)n[nH]2)c(Cl)cc1C(=O)O. The van der Waals surface area contributed by atoms with Crippen molar-refractivity contribution < 1.29 is 19.4 Å². The Morgan fingerprint density at radius 1 is 1.48 bits per heavy atom. The molecule has 1 amide bonds. The largest absolute Gasteiger partial charge is 0.496 e. The van der Waals surface area contributed by atoms with Crippen molar-refractivity contribution in [1.29, 1.82) is 0 Å². The summed E-state index contributed by atoms with van der Waals surface area (Å²) in [6, 6.07) is 2.47. The number of halogens is 1. The number of rotatable bonds is 4. The molecule has 5 N–H and O–H groups in total. The number of nitrogens with two attached hydrogens (primary N) is 1. The van der Waals surface area contributed by atoms with Gasteiger partial charge in [0.05, 0.1) is 17.8 Å². The lowest BCUT2D eigenvalue weighted by Gasteiger charge is -2.10. The summed E-state index contributed by atoms with van der Waals surface area (Å²) >= 11 is 5.93. The summed E-state index contributed by atoms with van der Waals surface area (Å²) in [6.45, 7) is 0. The first-order valence-electron chi connectivity index (χ1n) is 5.52. The van der Waals surface area contributed by atoms with E-state index in [1.54, 1.807) is 0 Å². The van der Waals surface area contributed by atoms with E-state index in [9.17, 15) is 9.59 Å². The van der Waals surface area contributed by atoms with Gasteiger partial charge in [-0.3, -0.25) is 9.89 Å². The molecular weight excluding hydrogens is 302 g/mol. The van der Waals surface area contributed by atoms with Crippen molar-refractivity contribution in [1.82, 2.24) is 15.2 Å². The first-order valence-corrected chi connectivity index (χ1v) is 5.90. The summed E-state index contributed by atoms with van der Waals surface area (Å²) in [5.41, 5.74) is 5.34. The van der Waals surface area contributed by atoms with Gasteiger partial charge in [-0.1, -0.05) is 11.6 Å². The Balaban J connectivity index is 2.32. The van der Waals surface area contributed by atoms with E-state index in [-0.39, 0.29) is 33.8 Å². The minimum atomic E-state index is -1.20. The number of methoxy groups -OCH3 is 1. The number of carbonyl (C=O) groups excluding carboxylic acids is 1. The predicted molar refractivity (Wildman–Crippen MR) is 73.7 cm³/mol. The highest BCUT2D eigenvalue weighted by molar-refractivity contribution is 6.34. The quantitative estimate of drug-likeness (QED) is 0.659. The summed E-state index contributed by atoms with van der Waals surface area (Å²) in [5, 5.41) is 17.4. The third-order valence-electron chi connectivity index (χ3n) is 2.49. The minimum Gasteiger partial charge on any atom is -0.496 e. The molecular formula is C11H10ClN5O4. The molecule has 0 aliphatic heterocycles. The Morgan fingerprint density at radius 2 is 2.19 bits per heavy atom. The van der Waals surface area contributed by atoms with E-state index in [0.717, 1.165) is 0 Å². The third kappa shape index (κ3) is 3.03. The van der Waals surface area contributed by atoms with Crippen LogP contribution in [0.4, 0.5) is 11.6 Å². The van der Waals surface area contributed by atoms with Crippen molar-refractivity contribution in [3.8, 4) is 5.75 Å². The number of ether oxygens (including phenoxy) is 1. The van der Waals surface area contributed by atoms with Gasteiger partial charge in [-0.05, 0) is 6.07 Å². The molecule has 21 heavy (non-hydrogen) atoms. The van der Waals surface area contributed by atoms with E-state index in [1.807, 2.05) is 0 Å². The van der Waals surface area contributed by atoms with Crippen LogP contribution in [0.2, 0.25) is 5.02 Å². The maximum atomic E-state index is 11.9. The van der Waals surface area contributed by atoms with E-state index >= 15 is 0 Å². The molecule has 10 heteroatoms. The smallest absolute Gasteiger partial charge is 0.339 e. The molecule has 0 fully saturated rings. The predicted octanol–water partition coefficient (Wildman–Crippen LogP) is 0.999. The molecule has 0 aliphatic carbocycles. The molecule has 0 atom stereocenters. The van der Waals surface area contributed by atoms with Crippen LogP contribution in [0.3, 0.4) is 0 Å². The van der Waals surface area contributed by atoms with Crippen molar-refractivity contribution in [2.45, 2.75) is 0 Å². The summed E-state index contributed by atoms with van der Waals surface area (Å²) in [7, 11) is 1.30. The zero-order valence-corrected chi connectivity index (χ0v) is 11.4. The molecule has 1 aromatic carbocycles. The standard InChI is InChI=1S/C11H10ClN5O4/c1-21-7-3-6(5(12)2-4(7)10(19)20)14-9(18)8-15-11(13)17-16-8/h2-3H,1H3,(H,14,18)(H,19,20)(H3,13,15,16,17). The Labute approximate surface area is 123 Å². The van der Waals surface area contributed by atoms with E-state index in [1.165, 1.54) is 19.2 Å². The Hall–Kier alpha value is -2.81. The molecule has 0 bridgehead atoms. The molecule has 0 unspecified atom stereocenters. The molecule has 110 valence electrons. The average Bonchev–Trinajstić information content (AvgIpc) is 2.87. The van der Waals surface area contributed by atoms with Crippen molar-refractivity contribution in [2.24, 2.45) is 0 Å². The van der Waals surface area contributed by atoms with Crippen LogP contribution in [0.15, 0.2) is 12.1 Å². The second-order valence-corrected chi connectivity index (χ2v) is 4.24. The number of aromatic carboxylic acids is 1. The van der Waals surface area contributed by atoms with Crippen LogP contribution in [-0.4, -0.2) is 39.3 Å². The monoisotopic (exact) mass is 311 g/mol. The Kier molecular flexibility index (Phi) is 3.94. The number of hydrogen-bond donors (Lipinski definition) is 4. The lowest BCUT2D eigenvalue weighted by Crippen LogP contribution is -2.14. The molecule has 0 aliphatic rings. The second-order valence-electron chi connectivity index (χ2n) is 3.83. The van der Waals surface area contributed by atoms with Gasteiger partial charge in [0.1, 0.15) is 11.3 Å². The van der Waals surface area contributed by atoms with Crippen LogP contribution < -0.4 is 15.8 Å². The van der Waals surface area contributed by atoms with Gasteiger partial charge in [-0.2, -0.15) is 4.98 Å². The van der Waals surface area contributed by atoms with Crippen LogP contribution in [0.1, 0.15) is 21.0 Å². The van der Waals surface area contributed by atoms with Gasteiger partial charge < -0.3 is 20.9 Å². The Bertz CT molecular complexity index is 715. The number of nitrogen functional groups attached to an aromatic ring is 1. The van der Waals surface area contributed by atoms with Gasteiger partial charge in [-0.25, -0.2) is 4.79 Å². The summed E-state index contributed by atoms with van der Waals surface area (Å²) < 4.78 is 4.95.